The third kappa shape index (κ3) is 4.03. The Bertz CT molecular complexity index is 528. The van der Waals surface area contributed by atoms with E-state index < -0.39 is 22.2 Å². The van der Waals surface area contributed by atoms with Crippen LogP contribution in [-0.4, -0.2) is 37.4 Å². The van der Waals surface area contributed by atoms with Gasteiger partial charge in [-0.1, -0.05) is 22.0 Å². The Labute approximate surface area is 115 Å². The number of nitrogens with one attached hydrogen (secondary N) is 1. The molecule has 0 radical (unpaired) electrons. The van der Waals surface area contributed by atoms with Crippen LogP contribution in [0.25, 0.3) is 0 Å². The molecule has 0 amide bonds. The molecule has 1 rings (SSSR count). The predicted molar refractivity (Wildman–Crippen MR) is 71.8 cm³/mol. The van der Waals surface area contributed by atoms with Gasteiger partial charge < -0.3 is 10.2 Å². The third-order valence-corrected chi connectivity index (χ3v) is 4.46. The van der Waals surface area contributed by atoms with Gasteiger partial charge in [0.05, 0.1) is 17.1 Å². The highest BCUT2D eigenvalue weighted by Crippen LogP contribution is 2.20. The minimum atomic E-state index is -3.71. The zero-order valence-electron chi connectivity index (χ0n) is 10.1. The van der Waals surface area contributed by atoms with Gasteiger partial charge in [0.25, 0.3) is 0 Å². The summed E-state index contributed by atoms with van der Waals surface area (Å²) in [5.41, 5.74) is -0.873. The zero-order valence-corrected chi connectivity index (χ0v) is 12.5. The number of hydrogen-bond donors (Lipinski definition) is 3. The number of hydrogen-bond acceptors (Lipinski definition) is 4. The molecule has 1 aromatic rings. The maximum absolute atomic E-state index is 12.0. The van der Waals surface area contributed by atoms with Gasteiger partial charge in [-0.2, -0.15) is 0 Å². The molecule has 0 spiro atoms. The summed E-state index contributed by atoms with van der Waals surface area (Å²) in [7, 11) is -3.71. The fraction of sp³-hybridized carbons (Fsp3) is 0.455. The molecular weight excluding hydrogens is 322 g/mol. The van der Waals surface area contributed by atoms with Gasteiger partial charge in [-0.25, -0.2) is 13.1 Å². The predicted octanol–water partition coefficient (Wildman–Crippen LogP) is 0.779. The van der Waals surface area contributed by atoms with Crippen LogP contribution in [0.5, 0.6) is 0 Å². The molecule has 0 bridgehead atoms. The van der Waals surface area contributed by atoms with Crippen LogP contribution in [0.2, 0.25) is 0 Å². The molecule has 102 valence electrons. The van der Waals surface area contributed by atoms with E-state index in [4.69, 9.17) is 5.11 Å². The van der Waals surface area contributed by atoms with E-state index in [9.17, 15) is 13.5 Å². The first kappa shape index (κ1) is 15.6. The summed E-state index contributed by atoms with van der Waals surface area (Å²) in [5.74, 6) is 0. The lowest BCUT2D eigenvalue weighted by molar-refractivity contribution is 0.00681. The molecule has 0 saturated carbocycles. The molecule has 0 saturated heterocycles. The minimum Gasteiger partial charge on any atom is -0.393 e. The quantitative estimate of drug-likeness (QED) is 0.741. The second-order valence-corrected chi connectivity index (χ2v) is 7.04. The maximum atomic E-state index is 12.0. The van der Waals surface area contributed by atoms with E-state index in [2.05, 4.69) is 20.7 Å². The molecule has 0 heterocycles. The summed E-state index contributed by atoms with van der Waals surface area (Å²) in [4.78, 5) is 0.144. The van der Waals surface area contributed by atoms with Gasteiger partial charge in [-0.15, -0.1) is 0 Å². The number of aliphatic hydroxyl groups excluding tert-OH is 1. The van der Waals surface area contributed by atoms with Crippen molar-refractivity contribution in [2.75, 3.05) is 13.2 Å². The summed E-state index contributed by atoms with van der Waals surface area (Å²) < 4.78 is 27.0. The fourth-order valence-electron chi connectivity index (χ4n) is 1.25. The van der Waals surface area contributed by atoms with Gasteiger partial charge in [0.1, 0.15) is 0 Å². The van der Waals surface area contributed by atoms with Crippen LogP contribution in [-0.2, 0) is 10.0 Å². The minimum absolute atomic E-state index is 0.144. The first-order valence-corrected chi connectivity index (χ1v) is 7.55. The molecular formula is C11H16BrNO4S. The lowest BCUT2D eigenvalue weighted by Crippen LogP contribution is -2.43. The van der Waals surface area contributed by atoms with Gasteiger partial charge in [0.15, 0.2) is 0 Å². The molecule has 0 aliphatic rings. The van der Waals surface area contributed by atoms with Crippen molar-refractivity contribution in [2.24, 2.45) is 0 Å². The van der Waals surface area contributed by atoms with Crippen molar-refractivity contribution in [3.05, 3.63) is 28.2 Å². The molecule has 5 nitrogen and oxygen atoms in total. The molecule has 7 heteroatoms. The van der Waals surface area contributed by atoms with Crippen molar-refractivity contribution in [2.45, 2.75) is 24.3 Å². The topological polar surface area (TPSA) is 86.6 Å². The van der Waals surface area contributed by atoms with E-state index in [1.807, 2.05) is 0 Å². The Morgan fingerprint density at radius 2 is 2.06 bits per heavy atom. The van der Waals surface area contributed by atoms with Crippen LogP contribution < -0.4 is 4.72 Å². The number of halogens is 1. The molecule has 1 unspecified atom stereocenters. The molecule has 1 atom stereocenters. The van der Waals surface area contributed by atoms with Gasteiger partial charge in [0, 0.05) is 11.0 Å². The van der Waals surface area contributed by atoms with Crippen molar-refractivity contribution in [3.8, 4) is 0 Å². The molecule has 0 aliphatic carbocycles. The Hall–Kier alpha value is -0.470. The number of benzene rings is 1. The molecule has 3 N–H and O–H groups in total. The van der Waals surface area contributed by atoms with Gasteiger partial charge in [-0.3, -0.25) is 0 Å². The lowest BCUT2D eigenvalue weighted by atomic mass is 10.1. The van der Waals surface area contributed by atoms with E-state index >= 15 is 0 Å². The van der Waals surface area contributed by atoms with Crippen LogP contribution >= 0.6 is 15.9 Å². The first-order chi connectivity index (χ1) is 8.18. The molecule has 0 aromatic heterocycles. The Kier molecular flexibility index (Phi) is 4.90. The van der Waals surface area contributed by atoms with Crippen LogP contribution in [0.3, 0.4) is 0 Å². The number of aryl methyl sites for hydroxylation is 1. The average molecular weight is 338 g/mol. The highest BCUT2D eigenvalue weighted by molar-refractivity contribution is 9.10. The average Bonchev–Trinajstić information content (AvgIpc) is 2.30. The normalized spacial score (nSPS) is 15.4. The van der Waals surface area contributed by atoms with E-state index in [0.29, 0.717) is 10.0 Å². The Balaban J connectivity index is 2.97. The van der Waals surface area contributed by atoms with Gasteiger partial charge in [-0.05, 0) is 31.5 Å². The smallest absolute Gasteiger partial charge is 0.240 e. The van der Waals surface area contributed by atoms with Gasteiger partial charge >= 0.3 is 0 Å². The number of aliphatic hydroxyl groups is 2. The molecule has 0 fully saturated rings. The summed E-state index contributed by atoms with van der Waals surface area (Å²) in [6.45, 7) is 2.26. The monoisotopic (exact) mass is 337 g/mol. The highest BCUT2D eigenvalue weighted by atomic mass is 79.9. The standard InChI is InChI=1S/C11H16BrNO4S/c1-8-3-4-9(12)5-10(8)18(16,17)13-6-11(2,15)7-14/h3-5,13-15H,6-7H2,1-2H3. The fourth-order valence-corrected chi connectivity index (χ4v) is 3.19. The summed E-state index contributed by atoms with van der Waals surface area (Å²) >= 11 is 3.21. The van der Waals surface area contributed by atoms with Crippen molar-refractivity contribution >= 4 is 26.0 Å². The lowest BCUT2D eigenvalue weighted by Gasteiger charge is -2.21. The van der Waals surface area contributed by atoms with Gasteiger partial charge in [0.2, 0.25) is 10.0 Å². The molecule has 18 heavy (non-hydrogen) atoms. The number of sulfonamides is 1. The van der Waals surface area contributed by atoms with Crippen LogP contribution in [0.15, 0.2) is 27.6 Å². The molecule has 1 aromatic carbocycles. The maximum Gasteiger partial charge on any atom is 0.240 e. The summed E-state index contributed by atoms with van der Waals surface area (Å²) in [6, 6.07) is 4.92. The van der Waals surface area contributed by atoms with E-state index in [1.54, 1.807) is 19.1 Å². The Morgan fingerprint density at radius 3 is 2.61 bits per heavy atom. The van der Waals surface area contributed by atoms with E-state index in [-0.39, 0.29) is 11.4 Å². The third-order valence-electron chi connectivity index (χ3n) is 2.42. The van der Waals surface area contributed by atoms with E-state index in [0.717, 1.165) is 0 Å². The number of rotatable bonds is 5. The largest absolute Gasteiger partial charge is 0.393 e. The second kappa shape index (κ2) is 5.66. The first-order valence-electron chi connectivity index (χ1n) is 5.27. The van der Waals surface area contributed by atoms with Crippen molar-refractivity contribution in [1.82, 2.24) is 4.72 Å². The summed E-state index contributed by atoms with van der Waals surface area (Å²) in [5, 5.41) is 18.4. The molecule has 0 aliphatic heterocycles. The van der Waals surface area contributed by atoms with E-state index in [1.165, 1.54) is 13.0 Å². The Morgan fingerprint density at radius 1 is 1.44 bits per heavy atom. The highest BCUT2D eigenvalue weighted by Gasteiger charge is 2.24. The zero-order chi connectivity index (χ0) is 14.0. The summed E-state index contributed by atoms with van der Waals surface area (Å²) in [6.07, 6.45) is 0. The SMILES string of the molecule is Cc1ccc(Br)cc1S(=O)(=O)NCC(C)(O)CO. The van der Waals surface area contributed by atoms with Crippen molar-refractivity contribution < 1.29 is 18.6 Å². The second-order valence-electron chi connectivity index (χ2n) is 4.39. The van der Waals surface area contributed by atoms with Crippen LogP contribution in [0.4, 0.5) is 0 Å². The van der Waals surface area contributed by atoms with Crippen LogP contribution in [0, 0.1) is 6.92 Å². The van der Waals surface area contributed by atoms with Crippen molar-refractivity contribution in [1.29, 1.82) is 0 Å². The van der Waals surface area contributed by atoms with Crippen molar-refractivity contribution in [3.63, 3.8) is 0 Å². The van der Waals surface area contributed by atoms with Crippen LogP contribution in [0.1, 0.15) is 12.5 Å².